The van der Waals surface area contributed by atoms with E-state index < -0.39 is 12.1 Å². The number of hydrogen-bond donors (Lipinski definition) is 0. The molecule has 2 aromatic carbocycles. The summed E-state index contributed by atoms with van der Waals surface area (Å²) in [5.41, 5.74) is 3.94. The van der Waals surface area contributed by atoms with Gasteiger partial charge in [-0.25, -0.2) is 0 Å². The van der Waals surface area contributed by atoms with Gasteiger partial charge < -0.3 is 4.90 Å². The lowest BCUT2D eigenvalue weighted by Gasteiger charge is -2.31. The van der Waals surface area contributed by atoms with Gasteiger partial charge in [-0.15, -0.1) is 0 Å². The van der Waals surface area contributed by atoms with E-state index >= 15 is 0 Å². The van der Waals surface area contributed by atoms with Crippen molar-refractivity contribution in [2.75, 3.05) is 13.1 Å². The highest BCUT2D eigenvalue weighted by molar-refractivity contribution is 5.26. The number of benzene rings is 2. The van der Waals surface area contributed by atoms with Crippen molar-refractivity contribution in [3.63, 3.8) is 0 Å². The van der Waals surface area contributed by atoms with Crippen molar-refractivity contribution in [2.24, 2.45) is 5.92 Å². The molecule has 1 fully saturated rings. The maximum atomic E-state index is 12.9. The number of hydrogen-bond acceptors (Lipinski definition) is 2. The molecule has 0 heterocycles. The minimum Gasteiger partial charge on any atom is -0.300 e. The van der Waals surface area contributed by atoms with Gasteiger partial charge in [0.15, 0.2) is 0 Å². The minimum atomic E-state index is -4.03. The first-order valence-electron chi connectivity index (χ1n) is 13.6. The molecule has 0 saturated heterocycles. The monoisotopic (exact) mass is 500 g/mol. The molecule has 1 atom stereocenters. The predicted molar refractivity (Wildman–Crippen MR) is 143 cm³/mol. The summed E-state index contributed by atoms with van der Waals surface area (Å²) in [5.74, 6) is -0.828. The maximum Gasteiger partial charge on any atom is 0.391 e. The Labute approximate surface area is 216 Å². The highest BCUT2D eigenvalue weighted by Gasteiger charge is 2.41. The van der Waals surface area contributed by atoms with E-state index in [1.54, 1.807) is 6.07 Å². The van der Waals surface area contributed by atoms with E-state index in [1.807, 2.05) is 0 Å². The number of nitriles is 1. The largest absolute Gasteiger partial charge is 0.391 e. The van der Waals surface area contributed by atoms with Crippen LogP contribution >= 0.6 is 0 Å². The summed E-state index contributed by atoms with van der Waals surface area (Å²) in [6.45, 7) is 8.19. The average Bonchev–Trinajstić information content (AvgIpc) is 2.88. The molecule has 0 N–H and O–H groups in total. The zero-order valence-electron chi connectivity index (χ0n) is 22.2. The standard InChI is InChI=1S/C29H40F3N.C2H3N/c1-3-21-33(22-20-23-8-6-5-7-9-23)28(4-2)19-12-24-10-13-25(14-11-24)26-15-17-27(18-16-26)29(30,31)32;1-2-3/h5-11,13-14,26-28H,3-4,12,15-22H2,1-2H3;1H3. The molecule has 0 amide bonds. The van der Waals surface area contributed by atoms with Gasteiger partial charge in [-0.2, -0.15) is 18.4 Å². The molecule has 5 heteroatoms. The van der Waals surface area contributed by atoms with Gasteiger partial charge in [0, 0.05) is 19.5 Å². The summed E-state index contributed by atoms with van der Waals surface area (Å²) in [6, 6.07) is 21.8. The lowest BCUT2D eigenvalue weighted by atomic mass is 9.78. The lowest BCUT2D eigenvalue weighted by Crippen LogP contribution is -2.37. The Morgan fingerprint density at radius 1 is 0.889 bits per heavy atom. The summed E-state index contributed by atoms with van der Waals surface area (Å²) in [4.78, 5) is 2.65. The summed E-state index contributed by atoms with van der Waals surface area (Å²) >= 11 is 0. The predicted octanol–water partition coefficient (Wildman–Crippen LogP) is 8.72. The van der Waals surface area contributed by atoms with Gasteiger partial charge in [-0.1, -0.05) is 68.4 Å². The zero-order valence-corrected chi connectivity index (χ0v) is 22.2. The third kappa shape index (κ3) is 9.97. The van der Waals surface area contributed by atoms with Crippen LogP contribution in [0.4, 0.5) is 13.2 Å². The molecular weight excluding hydrogens is 457 g/mol. The van der Waals surface area contributed by atoms with Crippen LogP contribution in [0, 0.1) is 17.2 Å². The molecule has 0 radical (unpaired) electrons. The van der Waals surface area contributed by atoms with E-state index in [9.17, 15) is 13.2 Å². The summed E-state index contributed by atoms with van der Waals surface area (Å²) in [6.07, 6.45) is 3.39. The SMILES string of the molecule is CC#N.CCCN(CCc1ccccc1)C(CC)CCc1ccc(C2CCC(C(F)(F)F)CC2)cc1. The normalized spacial score (nSPS) is 18.7. The van der Waals surface area contributed by atoms with Crippen LogP contribution in [0.15, 0.2) is 54.6 Å². The van der Waals surface area contributed by atoms with Crippen molar-refractivity contribution in [3.05, 3.63) is 71.3 Å². The van der Waals surface area contributed by atoms with Gasteiger partial charge in [0.25, 0.3) is 0 Å². The quantitative estimate of drug-likeness (QED) is 0.308. The van der Waals surface area contributed by atoms with Gasteiger partial charge in [0.05, 0.1) is 12.0 Å². The minimum absolute atomic E-state index is 0.268. The fourth-order valence-corrected chi connectivity index (χ4v) is 5.37. The Hall–Kier alpha value is -2.32. The molecule has 1 saturated carbocycles. The fourth-order valence-electron chi connectivity index (χ4n) is 5.37. The van der Waals surface area contributed by atoms with Crippen molar-refractivity contribution in [1.82, 2.24) is 4.90 Å². The Kier molecular flexibility index (Phi) is 13.1. The van der Waals surface area contributed by atoms with E-state index in [2.05, 4.69) is 73.3 Å². The Morgan fingerprint density at radius 2 is 1.47 bits per heavy atom. The Bertz CT molecular complexity index is 879. The molecule has 0 spiro atoms. The first kappa shape index (κ1) is 29.9. The van der Waals surface area contributed by atoms with Crippen LogP contribution in [0.25, 0.3) is 0 Å². The number of nitrogens with zero attached hydrogens (tertiary/aromatic N) is 2. The second-order valence-electron chi connectivity index (χ2n) is 9.93. The molecular formula is C31H43F3N2. The van der Waals surface area contributed by atoms with Gasteiger partial charge >= 0.3 is 6.18 Å². The first-order chi connectivity index (χ1) is 17.3. The van der Waals surface area contributed by atoms with Crippen molar-refractivity contribution >= 4 is 0 Å². The van der Waals surface area contributed by atoms with E-state index in [-0.39, 0.29) is 18.8 Å². The van der Waals surface area contributed by atoms with E-state index in [4.69, 9.17) is 5.26 Å². The lowest BCUT2D eigenvalue weighted by molar-refractivity contribution is -0.182. The summed E-state index contributed by atoms with van der Waals surface area (Å²) in [5, 5.41) is 7.32. The van der Waals surface area contributed by atoms with Crippen LogP contribution < -0.4 is 0 Å². The zero-order chi connectivity index (χ0) is 26.4. The first-order valence-corrected chi connectivity index (χ1v) is 13.6. The van der Waals surface area contributed by atoms with Gasteiger partial charge in [-0.05, 0) is 86.9 Å². The van der Waals surface area contributed by atoms with Crippen LogP contribution in [0.1, 0.15) is 88.3 Å². The van der Waals surface area contributed by atoms with Gasteiger partial charge in [0.1, 0.15) is 0 Å². The van der Waals surface area contributed by atoms with E-state index in [0.29, 0.717) is 18.9 Å². The van der Waals surface area contributed by atoms with Crippen molar-refractivity contribution < 1.29 is 13.2 Å². The van der Waals surface area contributed by atoms with Crippen molar-refractivity contribution in [2.45, 2.75) is 96.7 Å². The van der Waals surface area contributed by atoms with Crippen LogP contribution in [0.5, 0.6) is 0 Å². The van der Waals surface area contributed by atoms with Crippen molar-refractivity contribution in [3.8, 4) is 6.07 Å². The fraction of sp³-hybridized carbons (Fsp3) is 0.581. The summed E-state index contributed by atoms with van der Waals surface area (Å²) in [7, 11) is 0. The van der Waals surface area contributed by atoms with Gasteiger partial charge in [-0.3, -0.25) is 0 Å². The topological polar surface area (TPSA) is 27.0 Å². The molecule has 2 aromatic rings. The molecule has 1 aliphatic rings. The van der Waals surface area contributed by atoms with Gasteiger partial charge in [0.2, 0.25) is 0 Å². The molecule has 0 aromatic heterocycles. The van der Waals surface area contributed by atoms with Crippen LogP contribution in [0.2, 0.25) is 0 Å². The average molecular weight is 501 g/mol. The Morgan fingerprint density at radius 3 is 2.00 bits per heavy atom. The molecule has 198 valence electrons. The van der Waals surface area contributed by atoms with Crippen LogP contribution in [-0.2, 0) is 12.8 Å². The highest BCUT2D eigenvalue weighted by atomic mass is 19.4. The number of rotatable bonds is 11. The number of aryl methyl sites for hydroxylation is 1. The molecule has 2 nitrogen and oxygen atoms in total. The smallest absolute Gasteiger partial charge is 0.300 e. The third-order valence-corrected chi connectivity index (χ3v) is 7.44. The molecule has 3 rings (SSSR count). The van der Waals surface area contributed by atoms with Crippen LogP contribution in [0.3, 0.4) is 0 Å². The van der Waals surface area contributed by atoms with E-state index in [0.717, 1.165) is 45.2 Å². The third-order valence-electron chi connectivity index (χ3n) is 7.44. The summed E-state index contributed by atoms with van der Waals surface area (Å²) < 4.78 is 38.8. The van der Waals surface area contributed by atoms with Crippen LogP contribution in [-0.4, -0.2) is 30.2 Å². The van der Waals surface area contributed by atoms with E-state index in [1.165, 1.54) is 23.6 Å². The molecule has 0 aliphatic heterocycles. The second kappa shape index (κ2) is 15.7. The number of halogens is 3. The maximum absolute atomic E-state index is 12.9. The highest BCUT2D eigenvalue weighted by Crippen LogP contribution is 2.42. The molecule has 36 heavy (non-hydrogen) atoms. The Balaban J connectivity index is 0.00000145. The molecule has 1 unspecified atom stereocenters. The molecule has 0 bridgehead atoms. The second-order valence-corrected chi connectivity index (χ2v) is 9.93. The van der Waals surface area contributed by atoms with Crippen molar-refractivity contribution in [1.29, 1.82) is 5.26 Å². The number of alkyl halides is 3. The molecule has 1 aliphatic carbocycles.